The van der Waals surface area contributed by atoms with Crippen molar-refractivity contribution in [1.82, 2.24) is 4.90 Å². The zero-order valence-corrected chi connectivity index (χ0v) is 13.7. The number of carboxylic acid groups (broad SMARTS) is 1. The summed E-state index contributed by atoms with van der Waals surface area (Å²) in [4.78, 5) is 12.9. The highest BCUT2D eigenvalue weighted by molar-refractivity contribution is 5.87. The molecule has 1 aromatic carbocycles. The number of carbonyl (C=O) groups is 1. The van der Waals surface area contributed by atoms with Gasteiger partial charge in [0.25, 0.3) is 0 Å². The van der Waals surface area contributed by atoms with Crippen molar-refractivity contribution < 1.29 is 9.90 Å². The Bertz CT molecular complexity index is 381. The number of rotatable bonds is 4. The summed E-state index contributed by atoms with van der Waals surface area (Å²) < 4.78 is 0. The van der Waals surface area contributed by atoms with Gasteiger partial charge in [-0.15, -0.1) is 0 Å². The lowest BCUT2D eigenvalue weighted by molar-refractivity contribution is 0.0697. The van der Waals surface area contributed by atoms with E-state index in [0.29, 0.717) is 5.56 Å². The predicted octanol–water partition coefficient (Wildman–Crippen LogP) is 4.03. The third kappa shape index (κ3) is 6.71. The van der Waals surface area contributed by atoms with Gasteiger partial charge < -0.3 is 10.0 Å². The van der Waals surface area contributed by atoms with Crippen LogP contribution < -0.4 is 0 Å². The van der Waals surface area contributed by atoms with Gasteiger partial charge in [0.15, 0.2) is 0 Å². The third-order valence-electron chi connectivity index (χ3n) is 3.34. The molecule has 0 aliphatic carbocycles. The van der Waals surface area contributed by atoms with Crippen molar-refractivity contribution in [3.63, 3.8) is 0 Å². The van der Waals surface area contributed by atoms with Crippen LogP contribution in [0.1, 0.15) is 57.5 Å². The van der Waals surface area contributed by atoms with E-state index in [0.717, 1.165) is 5.56 Å². The molecule has 0 amide bonds. The Morgan fingerprint density at radius 2 is 1.40 bits per heavy atom. The number of nitrogens with zero attached hydrogens (tertiary/aromatic N) is 1. The molecule has 1 rings (SSSR count). The topological polar surface area (TPSA) is 40.5 Å². The average molecular weight is 279 g/mol. The van der Waals surface area contributed by atoms with Gasteiger partial charge >= 0.3 is 5.97 Å². The Balaban J connectivity index is 0.000000441. The quantitative estimate of drug-likeness (QED) is 0.904. The molecule has 3 nitrogen and oxygen atoms in total. The summed E-state index contributed by atoms with van der Waals surface area (Å²) in [5.74, 6) is -0.875. The van der Waals surface area contributed by atoms with Crippen molar-refractivity contribution in [2.24, 2.45) is 0 Å². The smallest absolute Gasteiger partial charge is 0.335 e. The number of benzene rings is 1. The maximum absolute atomic E-state index is 10.6. The first kappa shape index (κ1) is 18.7. The van der Waals surface area contributed by atoms with Crippen LogP contribution in [0.2, 0.25) is 0 Å². The van der Waals surface area contributed by atoms with Crippen LogP contribution in [0.3, 0.4) is 0 Å². The zero-order valence-electron chi connectivity index (χ0n) is 13.7. The normalized spacial score (nSPS) is 10.9. The van der Waals surface area contributed by atoms with Crippen LogP contribution in [-0.4, -0.2) is 35.6 Å². The van der Waals surface area contributed by atoms with Crippen molar-refractivity contribution in [2.75, 3.05) is 19.6 Å². The molecule has 1 aromatic rings. The molecule has 0 fully saturated rings. The van der Waals surface area contributed by atoms with Crippen LogP contribution in [0.4, 0.5) is 0 Å². The number of hydrogen-bond acceptors (Lipinski definition) is 2. The summed E-state index contributed by atoms with van der Waals surface area (Å²) in [6.45, 7) is 16.4. The molecule has 0 radical (unpaired) electrons. The first-order chi connectivity index (χ1) is 9.26. The Morgan fingerprint density at radius 1 is 1.00 bits per heavy atom. The summed E-state index contributed by atoms with van der Waals surface area (Å²) >= 11 is 0. The van der Waals surface area contributed by atoms with Crippen LogP contribution in [-0.2, 0) is 5.41 Å². The fourth-order valence-electron chi connectivity index (χ4n) is 1.78. The molecule has 0 bridgehead atoms. The molecule has 0 spiro atoms. The fourth-order valence-corrected chi connectivity index (χ4v) is 1.78. The van der Waals surface area contributed by atoms with Crippen molar-refractivity contribution in [3.8, 4) is 0 Å². The van der Waals surface area contributed by atoms with Crippen LogP contribution in [0.5, 0.6) is 0 Å². The molecule has 0 saturated heterocycles. The predicted molar refractivity (Wildman–Crippen MR) is 85.6 cm³/mol. The molecule has 20 heavy (non-hydrogen) atoms. The van der Waals surface area contributed by atoms with Crippen molar-refractivity contribution in [3.05, 3.63) is 35.4 Å². The second kappa shape index (κ2) is 8.75. The SMILES string of the molecule is CC(C)(C)c1ccc(C(=O)O)cc1.CCN(CC)CC. The van der Waals surface area contributed by atoms with E-state index in [-0.39, 0.29) is 5.41 Å². The number of aromatic carboxylic acids is 1. The standard InChI is InChI=1S/C11H14O2.C6H15N/c1-11(2,3)9-6-4-8(5-7-9)10(12)13;1-4-7(5-2)6-3/h4-7H,1-3H3,(H,12,13);4-6H2,1-3H3. The van der Waals surface area contributed by atoms with E-state index in [1.165, 1.54) is 19.6 Å². The molecule has 114 valence electrons. The van der Waals surface area contributed by atoms with Gasteiger partial charge in [0.2, 0.25) is 0 Å². The monoisotopic (exact) mass is 279 g/mol. The minimum Gasteiger partial charge on any atom is -0.478 e. The van der Waals surface area contributed by atoms with Gasteiger partial charge in [-0.05, 0) is 42.7 Å². The summed E-state index contributed by atoms with van der Waals surface area (Å²) in [6.07, 6.45) is 0. The van der Waals surface area contributed by atoms with Gasteiger partial charge in [-0.1, -0.05) is 53.7 Å². The van der Waals surface area contributed by atoms with Crippen molar-refractivity contribution in [1.29, 1.82) is 0 Å². The van der Waals surface area contributed by atoms with Gasteiger partial charge in [0.05, 0.1) is 5.56 Å². The van der Waals surface area contributed by atoms with E-state index >= 15 is 0 Å². The molecular weight excluding hydrogens is 250 g/mol. The lowest BCUT2D eigenvalue weighted by Crippen LogP contribution is -2.21. The number of carboxylic acids is 1. The van der Waals surface area contributed by atoms with Crippen molar-refractivity contribution in [2.45, 2.75) is 47.0 Å². The summed E-state index contributed by atoms with van der Waals surface area (Å²) in [7, 11) is 0. The second-order valence-electron chi connectivity index (χ2n) is 5.75. The lowest BCUT2D eigenvalue weighted by atomic mass is 9.87. The highest BCUT2D eigenvalue weighted by Crippen LogP contribution is 2.21. The molecule has 1 N–H and O–H groups in total. The Kier molecular flexibility index (Phi) is 8.16. The molecule has 0 unspecified atom stereocenters. The van der Waals surface area contributed by atoms with Gasteiger partial charge in [0.1, 0.15) is 0 Å². The molecule has 0 heterocycles. The van der Waals surface area contributed by atoms with Crippen LogP contribution in [0.15, 0.2) is 24.3 Å². The molecule has 0 aliphatic rings. The van der Waals surface area contributed by atoms with E-state index in [1.54, 1.807) is 12.1 Å². The summed E-state index contributed by atoms with van der Waals surface area (Å²) in [6, 6.07) is 7.01. The fraction of sp³-hybridized carbons (Fsp3) is 0.588. The summed E-state index contributed by atoms with van der Waals surface area (Å²) in [5.41, 5.74) is 1.57. The molecule has 0 aromatic heterocycles. The lowest BCUT2D eigenvalue weighted by Gasteiger charge is -2.18. The first-order valence-corrected chi connectivity index (χ1v) is 7.32. The van der Waals surface area contributed by atoms with Crippen LogP contribution >= 0.6 is 0 Å². The number of hydrogen-bond donors (Lipinski definition) is 1. The minimum absolute atomic E-state index is 0.0804. The maximum atomic E-state index is 10.6. The largest absolute Gasteiger partial charge is 0.478 e. The maximum Gasteiger partial charge on any atom is 0.335 e. The Morgan fingerprint density at radius 3 is 1.60 bits per heavy atom. The average Bonchev–Trinajstić information content (AvgIpc) is 2.40. The van der Waals surface area contributed by atoms with E-state index in [4.69, 9.17) is 5.11 Å². The van der Waals surface area contributed by atoms with Crippen LogP contribution in [0, 0.1) is 0 Å². The van der Waals surface area contributed by atoms with Crippen molar-refractivity contribution >= 4 is 5.97 Å². The van der Waals surface area contributed by atoms with Gasteiger partial charge in [-0.2, -0.15) is 0 Å². The highest BCUT2D eigenvalue weighted by atomic mass is 16.4. The molecule has 0 saturated carbocycles. The molecular formula is C17H29NO2. The van der Waals surface area contributed by atoms with Crippen LogP contribution in [0.25, 0.3) is 0 Å². The van der Waals surface area contributed by atoms with E-state index in [9.17, 15) is 4.79 Å². The minimum atomic E-state index is -0.875. The van der Waals surface area contributed by atoms with Gasteiger partial charge in [-0.3, -0.25) is 0 Å². The highest BCUT2D eigenvalue weighted by Gasteiger charge is 2.13. The van der Waals surface area contributed by atoms with E-state index < -0.39 is 5.97 Å². The second-order valence-corrected chi connectivity index (χ2v) is 5.75. The zero-order chi connectivity index (χ0) is 15.8. The molecule has 0 aliphatic heterocycles. The van der Waals surface area contributed by atoms with E-state index in [1.807, 2.05) is 12.1 Å². The Hall–Kier alpha value is -1.35. The first-order valence-electron chi connectivity index (χ1n) is 7.32. The van der Waals surface area contributed by atoms with Gasteiger partial charge in [0, 0.05) is 0 Å². The summed E-state index contributed by atoms with van der Waals surface area (Å²) in [5, 5.41) is 8.68. The molecule has 0 atom stereocenters. The Labute approximate surface area is 123 Å². The van der Waals surface area contributed by atoms with E-state index in [2.05, 4.69) is 46.4 Å². The molecule has 3 heteroatoms. The van der Waals surface area contributed by atoms with Gasteiger partial charge in [-0.25, -0.2) is 4.79 Å². The third-order valence-corrected chi connectivity index (χ3v) is 3.34.